The van der Waals surface area contributed by atoms with Crippen molar-refractivity contribution >= 4 is 54.6 Å². The largest absolute Gasteiger partial charge is 0.493 e. The lowest BCUT2D eigenvalue weighted by Crippen LogP contribution is -2.07. The van der Waals surface area contributed by atoms with Crippen LogP contribution in [0.3, 0.4) is 0 Å². The molecule has 5 nitrogen and oxygen atoms in total. The Labute approximate surface area is 161 Å². The standard InChI is InChI=1S/C18H14BrFN2O3S/c1-24-14-8-10(7-12(19)17(14)25-2)3-6-16(23)22-18-21-13-5-4-11(20)9-15(13)26-18/h3-9H,1-2H3,(H,21,22,23)/b6-3+. The lowest BCUT2D eigenvalue weighted by atomic mass is 10.2. The van der Waals surface area contributed by atoms with Gasteiger partial charge in [-0.1, -0.05) is 11.3 Å². The van der Waals surface area contributed by atoms with E-state index in [0.29, 0.717) is 31.3 Å². The number of nitrogens with zero attached hydrogens (tertiary/aromatic N) is 1. The zero-order chi connectivity index (χ0) is 18.7. The molecule has 0 aliphatic carbocycles. The molecule has 0 saturated carbocycles. The van der Waals surface area contributed by atoms with Crippen molar-refractivity contribution in [3.8, 4) is 11.5 Å². The van der Waals surface area contributed by atoms with Gasteiger partial charge in [0.15, 0.2) is 16.6 Å². The molecule has 0 aliphatic heterocycles. The number of benzene rings is 2. The predicted molar refractivity (Wildman–Crippen MR) is 104 cm³/mol. The van der Waals surface area contributed by atoms with Gasteiger partial charge in [0.1, 0.15) is 5.82 Å². The fraction of sp³-hybridized carbons (Fsp3) is 0.111. The summed E-state index contributed by atoms with van der Waals surface area (Å²) in [5.41, 5.74) is 1.40. The van der Waals surface area contributed by atoms with Crippen molar-refractivity contribution in [2.24, 2.45) is 0 Å². The van der Waals surface area contributed by atoms with Crippen LogP contribution in [-0.4, -0.2) is 25.1 Å². The number of hydrogen-bond acceptors (Lipinski definition) is 5. The maximum atomic E-state index is 13.2. The third-order valence-electron chi connectivity index (χ3n) is 3.46. The van der Waals surface area contributed by atoms with Crippen LogP contribution in [0.25, 0.3) is 16.3 Å². The van der Waals surface area contributed by atoms with Crippen LogP contribution in [0.1, 0.15) is 5.56 Å². The number of anilines is 1. The first-order valence-corrected chi connectivity index (χ1v) is 9.08. The number of nitrogens with one attached hydrogen (secondary N) is 1. The first-order chi connectivity index (χ1) is 12.5. The van der Waals surface area contributed by atoms with E-state index in [2.05, 4.69) is 26.2 Å². The molecule has 0 aliphatic rings. The van der Waals surface area contributed by atoms with Crippen molar-refractivity contribution in [1.82, 2.24) is 4.98 Å². The summed E-state index contributed by atoms with van der Waals surface area (Å²) in [5.74, 6) is 0.458. The Hall–Kier alpha value is -2.45. The fourth-order valence-corrected chi connectivity index (χ4v) is 3.82. The fourth-order valence-electron chi connectivity index (χ4n) is 2.30. The van der Waals surface area contributed by atoms with Gasteiger partial charge in [-0.05, 0) is 57.9 Å². The molecule has 3 aromatic rings. The summed E-state index contributed by atoms with van der Waals surface area (Å²) in [6.45, 7) is 0. The zero-order valence-electron chi connectivity index (χ0n) is 13.9. The molecule has 0 radical (unpaired) electrons. The van der Waals surface area contributed by atoms with Crippen LogP contribution in [0, 0.1) is 5.82 Å². The average Bonchev–Trinajstić information content (AvgIpc) is 3.00. The number of amides is 1. The van der Waals surface area contributed by atoms with Gasteiger partial charge in [0.05, 0.1) is 28.9 Å². The molecule has 1 heterocycles. The molecule has 0 atom stereocenters. The van der Waals surface area contributed by atoms with Gasteiger partial charge in [-0.25, -0.2) is 9.37 Å². The van der Waals surface area contributed by atoms with E-state index in [4.69, 9.17) is 9.47 Å². The molecule has 1 aromatic heterocycles. The van der Waals surface area contributed by atoms with Crippen LogP contribution in [0.2, 0.25) is 0 Å². The normalized spacial score (nSPS) is 11.1. The molecule has 0 unspecified atom stereocenters. The van der Waals surface area contributed by atoms with Crippen molar-refractivity contribution in [3.05, 3.63) is 52.3 Å². The Balaban J connectivity index is 1.75. The van der Waals surface area contributed by atoms with Crippen LogP contribution in [0.5, 0.6) is 11.5 Å². The number of hydrogen-bond donors (Lipinski definition) is 1. The Morgan fingerprint density at radius 2 is 2.08 bits per heavy atom. The summed E-state index contributed by atoms with van der Waals surface area (Å²) in [7, 11) is 3.09. The summed E-state index contributed by atoms with van der Waals surface area (Å²) < 4.78 is 25.1. The summed E-state index contributed by atoms with van der Waals surface area (Å²) in [4.78, 5) is 16.4. The van der Waals surface area contributed by atoms with Crippen LogP contribution in [0.15, 0.2) is 40.9 Å². The second-order valence-electron chi connectivity index (χ2n) is 5.19. The van der Waals surface area contributed by atoms with E-state index in [1.165, 1.54) is 29.5 Å². The summed E-state index contributed by atoms with van der Waals surface area (Å²) in [6.07, 6.45) is 3.04. The van der Waals surface area contributed by atoms with E-state index in [9.17, 15) is 9.18 Å². The summed E-state index contributed by atoms with van der Waals surface area (Å²) in [6, 6.07) is 7.87. The van der Waals surface area contributed by atoms with Crippen LogP contribution in [0.4, 0.5) is 9.52 Å². The Morgan fingerprint density at radius 1 is 1.27 bits per heavy atom. The number of carbonyl (C=O) groups is 1. The molecule has 8 heteroatoms. The van der Waals surface area contributed by atoms with Gasteiger partial charge in [-0.2, -0.15) is 0 Å². The van der Waals surface area contributed by atoms with Gasteiger partial charge >= 0.3 is 0 Å². The highest BCUT2D eigenvalue weighted by atomic mass is 79.9. The van der Waals surface area contributed by atoms with E-state index in [-0.39, 0.29) is 11.7 Å². The van der Waals surface area contributed by atoms with Crippen molar-refractivity contribution in [1.29, 1.82) is 0 Å². The van der Waals surface area contributed by atoms with E-state index in [0.717, 1.165) is 5.56 Å². The Bertz CT molecular complexity index is 1000. The van der Waals surface area contributed by atoms with Crippen LogP contribution in [-0.2, 0) is 4.79 Å². The highest BCUT2D eigenvalue weighted by Crippen LogP contribution is 2.36. The maximum absolute atomic E-state index is 13.2. The highest BCUT2D eigenvalue weighted by Gasteiger charge is 2.10. The number of fused-ring (bicyclic) bond motifs is 1. The van der Waals surface area contributed by atoms with Crippen LogP contribution < -0.4 is 14.8 Å². The lowest BCUT2D eigenvalue weighted by molar-refractivity contribution is -0.111. The number of methoxy groups -OCH3 is 2. The number of aromatic nitrogens is 1. The monoisotopic (exact) mass is 436 g/mol. The van der Waals surface area contributed by atoms with Gasteiger partial charge < -0.3 is 9.47 Å². The highest BCUT2D eigenvalue weighted by molar-refractivity contribution is 9.10. The Morgan fingerprint density at radius 3 is 2.81 bits per heavy atom. The lowest BCUT2D eigenvalue weighted by Gasteiger charge is -2.10. The molecular weight excluding hydrogens is 423 g/mol. The molecule has 0 bridgehead atoms. The molecule has 3 rings (SSSR count). The molecule has 1 N–H and O–H groups in total. The van der Waals surface area contributed by atoms with E-state index >= 15 is 0 Å². The van der Waals surface area contributed by atoms with E-state index in [1.54, 1.807) is 32.4 Å². The van der Waals surface area contributed by atoms with Gasteiger partial charge in [-0.15, -0.1) is 0 Å². The van der Waals surface area contributed by atoms with Gasteiger partial charge in [0.2, 0.25) is 5.91 Å². The molecule has 0 fully saturated rings. The molecular formula is C18H14BrFN2O3S. The summed E-state index contributed by atoms with van der Waals surface area (Å²) >= 11 is 4.62. The summed E-state index contributed by atoms with van der Waals surface area (Å²) in [5, 5.41) is 3.09. The van der Waals surface area contributed by atoms with Crippen molar-refractivity contribution < 1.29 is 18.7 Å². The van der Waals surface area contributed by atoms with Gasteiger partial charge in [0.25, 0.3) is 0 Å². The molecule has 134 valence electrons. The smallest absolute Gasteiger partial charge is 0.250 e. The van der Waals surface area contributed by atoms with Crippen LogP contribution >= 0.6 is 27.3 Å². The number of rotatable bonds is 5. The second-order valence-corrected chi connectivity index (χ2v) is 7.08. The predicted octanol–water partition coefficient (Wildman–Crippen LogP) is 4.87. The number of carbonyl (C=O) groups excluding carboxylic acids is 1. The molecule has 2 aromatic carbocycles. The number of ether oxygens (including phenoxy) is 2. The molecule has 0 saturated heterocycles. The van der Waals surface area contributed by atoms with Crippen molar-refractivity contribution in [2.75, 3.05) is 19.5 Å². The average molecular weight is 437 g/mol. The minimum atomic E-state index is -0.338. The SMILES string of the molecule is COc1cc(/C=C/C(=O)Nc2nc3ccc(F)cc3s2)cc(Br)c1OC. The van der Waals surface area contributed by atoms with Gasteiger partial charge in [0, 0.05) is 6.08 Å². The second kappa shape index (κ2) is 7.84. The van der Waals surface area contributed by atoms with E-state index < -0.39 is 0 Å². The zero-order valence-corrected chi connectivity index (χ0v) is 16.3. The first-order valence-electron chi connectivity index (χ1n) is 7.47. The first kappa shape index (κ1) is 18.3. The Kier molecular flexibility index (Phi) is 5.53. The quantitative estimate of drug-likeness (QED) is 0.579. The van der Waals surface area contributed by atoms with E-state index in [1.807, 2.05) is 6.07 Å². The third kappa shape index (κ3) is 4.03. The topological polar surface area (TPSA) is 60.5 Å². The van der Waals surface area contributed by atoms with Crippen molar-refractivity contribution in [3.63, 3.8) is 0 Å². The molecule has 1 amide bonds. The molecule has 26 heavy (non-hydrogen) atoms. The minimum Gasteiger partial charge on any atom is -0.493 e. The third-order valence-corrected chi connectivity index (χ3v) is 4.99. The number of halogens is 2. The molecule has 0 spiro atoms. The minimum absolute atomic E-state index is 0.335. The maximum Gasteiger partial charge on any atom is 0.250 e. The van der Waals surface area contributed by atoms with Crippen molar-refractivity contribution in [2.45, 2.75) is 0 Å². The number of thiazole rings is 1. The van der Waals surface area contributed by atoms with Gasteiger partial charge in [-0.3, -0.25) is 10.1 Å².